The van der Waals surface area contributed by atoms with Crippen molar-refractivity contribution in [2.24, 2.45) is 0 Å². The molecule has 0 bridgehead atoms. The van der Waals surface area contributed by atoms with Gasteiger partial charge in [0, 0.05) is 11.6 Å². The molecule has 0 radical (unpaired) electrons. The molecule has 0 spiro atoms. The smallest absolute Gasteiger partial charge is 0.166 e. The molecule has 0 unspecified atom stereocenters. The van der Waals surface area contributed by atoms with Crippen LogP contribution in [-0.2, 0) is 0 Å². The van der Waals surface area contributed by atoms with Crippen LogP contribution in [0.1, 0.15) is 5.56 Å². The van der Waals surface area contributed by atoms with Gasteiger partial charge in [-0.15, -0.1) is 0 Å². The van der Waals surface area contributed by atoms with E-state index in [1.807, 2.05) is 19.1 Å². The quantitative estimate of drug-likeness (QED) is 0.534. The van der Waals surface area contributed by atoms with Crippen molar-refractivity contribution in [1.82, 2.24) is 4.98 Å². The highest BCUT2D eigenvalue weighted by Crippen LogP contribution is 2.22. The Labute approximate surface area is 75.5 Å². The van der Waals surface area contributed by atoms with Gasteiger partial charge in [-0.25, -0.2) is 5.26 Å². The topological polar surface area (TPSA) is 42.4 Å². The van der Waals surface area contributed by atoms with Crippen molar-refractivity contribution in [3.05, 3.63) is 36.0 Å². The number of fused-ring (bicyclic) bond motifs is 1. The highest BCUT2D eigenvalue weighted by molar-refractivity contribution is 5.83. The zero-order valence-corrected chi connectivity index (χ0v) is 7.19. The van der Waals surface area contributed by atoms with Gasteiger partial charge in [-0.1, -0.05) is 6.07 Å². The first-order valence-electron chi connectivity index (χ1n) is 3.98. The summed E-state index contributed by atoms with van der Waals surface area (Å²) in [5, 5.41) is 9.47. The third kappa shape index (κ3) is 1.34. The third-order valence-electron chi connectivity index (χ3n) is 1.97. The second kappa shape index (κ2) is 3.03. The van der Waals surface area contributed by atoms with E-state index in [4.69, 9.17) is 5.26 Å². The van der Waals surface area contributed by atoms with E-state index in [2.05, 4.69) is 9.87 Å². The average molecular weight is 175 g/mol. The Morgan fingerprint density at radius 2 is 2.23 bits per heavy atom. The van der Waals surface area contributed by atoms with Crippen LogP contribution in [0.3, 0.4) is 0 Å². The van der Waals surface area contributed by atoms with Gasteiger partial charge in [-0.3, -0.25) is 4.98 Å². The minimum atomic E-state index is 0.443. The summed E-state index contributed by atoms with van der Waals surface area (Å²) in [7, 11) is 0. The molecule has 1 N–H and O–H groups in total. The Morgan fingerprint density at radius 1 is 1.38 bits per heavy atom. The molecule has 0 fully saturated rings. The van der Waals surface area contributed by atoms with E-state index in [9.17, 15) is 0 Å². The first kappa shape index (κ1) is 8.01. The number of hydrogen-bond acceptors (Lipinski definition) is 3. The SMILES string of the molecule is Cc1cc(OO)cc2cccnc12. The Balaban J connectivity index is 2.77. The van der Waals surface area contributed by atoms with E-state index in [1.54, 1.807) is 18.3 Å². The largest absolute Gasteiger partial charge is 0.340 e. The summed E-state index contributed by atoms with van der Waals surface area (Å²) in [4.78, 5) is 8.39. The molecular formula is C10H9NO2. The second-order valence-electron chi connectivity index (χ2n) is 2.91. The lowest BCUT2D eigenvalue weighted by molar-refractivity contribution is -0.137. The summed E-state index contributed by atoms with van der Waals surface area (Å²) in [5.74, 6) is 0.443. The van der Waals surface area contributed by atoms with Crippen LogP contribution in [0.4, 0.5) is 0 Å². The first-order chi connectivity index (χ1) is 6.31. The van der Waals surface area contributed by atoms with E-state index < -0.39 is 0 Å². The van der Waals surface area contributed by atoms with Gasteiger partial charge in [0.2, 0.25) is 0 Å². The lowest BCUT2D eigenvalue weighted by Gasteiger charge is -2.02. The number of benzene rings is 1. The Morgan fingerprint density at radius 3 is 3.00 bits per heavy atom. The Hall–Kier alpha value is -1.61. The number of aromatic nitrogens is 1. The van der Waals surface area contributed by atoms with Crippen LogP contribution >= 0.6 is 0 Å². The maximum Gasteiger partial charge on any atom is 0.166 e. The minimum Gasteiger partial charge on any atom is -0.340 e. The molecule has 1 aromatic carbocycles. The van der Waals surface area contributed by atoms with Crippen LogP contribution in [0.2, 0.25) is 0 Å². The van der Waals surface area contributed by atoms with Gasteiger partial charge in [-0.2, -0.15) is 0 Å². The number of aryl methyl sites for hydroxylation is 1. The van der Waals surface area contributed by atoms with Crippen molar-refractivity contribution in [1.29, 1.82) is 0 Å². The fourth-order valence-corrected chi connectivity index (χ4v) is 1.39. The fraction of sp³-hybridized carbons (Fsp3) is 0.100. The number of hydrogen-bond donors (Lipinski definition) is 1. The van der Waals surface area contributed by atoms with E-state index in [1.165, 1.54) is 0 Å². The standard InChI is InChI=1S/C10H9NO2/c1-7-5-9(13-12)6-8-3-2-4-11-10(7)8/h2-6,12H,1H3. The minimum absolute atomic E-state index is 0.443. The van der Waals surface area contributed by atoms with Crippen LogP contribution in [0, 0.1) is 6.92 Å². The lowest BCUT2D eigenvalue weighted by Crippen LogP contribution is -1.87. The average Bonchev–Trinajstić information content (AvgIpc) is 2.18. The van der Waals surface area contributed by atoms with Crippen molar-refractivity contribution >= 4 is 10.9 Å². The molecule has 2 rings (SSSR count). The number of nitrogens with zero attached hydrogens (tertiary/aromatic N) is 1. The van der Waals surface area contributed by atoms with Crippen LogP contribution in [-0.4, -0.2) is 10.2 Å². The lowest BCUT2D eigenvalue weighted by atomic mass is 10.1. The highest BCUT2D eigenvalue weighted by Gasteiger charge is 2.01. The molecule has 0 aliphatic heterocycles. The van der Waals surface area contributed by atoms with E-state index >= 15 is 0 Å². The summed E-state index contributed by atoms with van der Waals surface area (Å²) >= 11 is 0. The second-order valence-corrected chi connectivity index (χ2v) is 2.91. The third-order valence-corrected chi connectivity index (χ3v) is 1.97. The van der Waals surface area contributed by atoms with Crippen molar-refractivity contribution in [2.75, 3.05) is 0 Å². The van der Waals surface area contributed by atoms with Gasteiger partial charge in [0.05, 0.1) is 5.52 Å². The number of pyridine rings is 1. The van der Waals surface area contributed by atoms with Crippen LogP contribution in [0.25, 0.3) is 10.9 Å². The molecule has 0 amide bonds. The molecule has 0 aliphatic rings. The van der Waals surface area contributed by atoms with Gasteiger partial charge >= 0.3 is 0 Å². The van der Waals surface area contributed by atoms with Gasteiger partial charge < -0.3 is 4.89 Å². The molecular weight excluding hydrogens is 166 g/mol. The molecule has 0 aliphatic carbocycles. The van der Waals surface area contributed by atoms with Gasteiger partial charge in [0.15, 0.2) is 5.75 Å². The molecule has 0 saturated heterocycles. The maximum absolute atomic E-state index is 8.50. The zero-order chi connectivity index (χ0) is 9.26. The predicted molar refractivity (Wildman–Crippen MR) is 49.7 cm³/mol. The van der Waals surface area contributed by atoms with Gasteiger partial charge in [-0.05, 0) is 30.7 Å². The highest BCUT2D eigenvalue weighted by atomic mass is 17.1. The normalized spacial score (nSPS) is 10.3. The zero-order valence-electron chi connectivity index (χ0n) is 7.19. The van der Waals surface area contributed by atoms with Crippen LogP contribution in [0.15, 0.2) is 30.5 Å². The fourth-order valence-electron chi connectivity index (χ4n) is 1.39. The van der Waals surface area contributed by atoms with Crippen LogP contribution < -0.4 is 4.89 Å². The van der Waals surface area contributed by atoms with Gasteiger partial charge in [0.1, 0.15) is 0 Å². The molecule has 13 heavy (non-hydrogen) atoms. The van der Waals surface area contributed by atoms with Crippen molar-refractivity contribution in [3.8, 4) is 5.75 Å². The van der Waals surface area contributed by atoms with Crippen molar-refractivity contribution < 1.29 is 10.1 Å². The monoisotopic (exact) mass is 175 g/mol. The first-order valence-corrected chi connectivity index (χ1v) is 3.98. The molecule has 3 nitrogen and oxygen atoms in total. The molecule has 66 valence electrons. The van der Waals surface area contributed by atoms with Crippen LogP contribution in [0.5, 0.6) is 5.75 Å². The predicted octanol–water partition coefficient (Wildman–Crippen LogP) is 2.40. The van der Waals surface area contributed by atoms with E-state index in [0.717, 1.165) is 16.5 Å². The molecule has 1 heterocycles. The molecule has 2 aromatic rings. The molecule has 3 heteroatoms. The summed E-state index contributed by atoms with van der Waals surface area (Å²) in [6.45, 7) is 1.93. The maximum atomic E-state index is 8.50. The summed E-state index contributed by atoms with van der Waals surface area (Å²) in [6.07, 6.45) is 1.74. The Bertz CT molecular complexity index is 440. The van der Waals surface area contributed by atoms with Crippen molar-refractivity contribution in [2.45, 2.75) is 6.92 Å². The van der Waals surface area contributed by atoms with E-state index in [-0.39, 0.29) is 0 Å². The summed E-state index contributed by atoms with van der Waals surface area (Å²) < 4.78 is 0. The summed E-state index contributed by atoms with van der Waals surface area (Å²) in [6, 6.07) is 7.27. The van der Waals surface area contributed by atoms with Gasteiger partial charge in [0.25, 0.3) is 0 Å². The molecule has 0 saturated carbocycles. The van der Waals surface area contributed by atoms with E-state index in [0.29, 0.717) is 5.75 Å². The van der Waals surface area contributed by atoms with Crippen molar-refractivity contribution in [3.63, 3.8) is 0 Å². The molecule has 0 atom stereocenters. The Kier molecular flexibility index (Phi) is 1.87. The number of rotatable bonds is 1. The molecule has 1 aromatic heterocycles. The summed E-state index contributed by atoms with van der Waals surface area (Å²) in [5.41, 5.74) is 1.92.